The fourth-order valence-electron chi connectivity index (χ4n) is 2.37. The SMILES string of the molecule is COc1ccc(S(=O)(=O)n2ccc3ccc(F)cc32)cc1[N+](=O)[O-]. The van der Waals surface area contributed by atoms with E-state index in [1.54, 1.807) is 0 Å². The average Bonchev–Trinajstić information content (AvgIpc) is 2.97. The van der Waals surface area contributed by atoms with Crippen LogP contribution in [-0.4, -0.2) is 24.4 Å². The lowest BCUT2D eigenvalue weighted by Crippen LogP contribution is -2.12. The number of hydrogen-bond donors (Lipinski definition) is 0. The average molecular weight is 350 g/mol. The molecule has 0 amide bonds. The van der Waals surface area contributed by atoms with Gasteiger partial charge in [0.15, 0.2) is 5.75 Å². The minimum atomic E-state index is -4.13. The largest absolute Gasteiger partial charge is 0.490 e. The van der Waals surface area contributed by atoms with Gasteiger partial charge in [-0.25, -0.2) is 16.8 Å². The van der Waals surface area contributed by atoms with E-state index < -0.39 is 26.5 Å². The Morgan fingerprint density at radius 3 is 2.58 bits per heavy atom. The van der Waals surface area contributed by atoms with Crippen LogP contribution in [0.5, 0.6) is 5.75 Å². The van der Waals surface area contributed by atoms with E-state index in [2.05, 4.69) is 0 Å². The van der Waals surface area contributed by atoms with Crippen LogP contribution in [0.2, 0.25) is 0 Å². The molecule has 1 aromatic heterocycles. The summed E-state index contributed by atoms with van der Waals surface area (Å²) in [6, 6.07) is 8.60. The van der Waals surface area contributed by atoms with Crippen LogP contribution in [0, 0.1) is 15.9 Å². The van der Waals surface area contributed by atoms with Gasteiger partial charge in [-0.1, -0.05) is 0 Å². The maximum absolute atomic E-state index is 13.4. The first-order chi connectivity index (χ1) is 11.3. The molecule has 3 rings (SSSR count). The number of nitro groups is 1. The smallest absolute Gasteiger partial charge is 0.312 e. The topological polar surface area (TPSA) is 91.4 Å². The number of fused-ring (bicyclic) bond motifs is 1. The molecular formula is C15H11FN2O5S. The molecule has 0 atom stereocenters. The Kier molecular flexibility index (Phi) is 3.72. The van der Waals surface area contributed by atoms with E-state index in [1.807, 2.05) is 0 Å². The molecule has 0 bridgehead atoms. The zero-order valence-corrected chi connectivity index (χ0v) is 13.2. The lowest BCUT2D eigenvalue weighted by Gasteiger charge is -2.09. The number of halogens is 1. The normalized spacial score (nSPS) is 11.6. The van der Waals surface area contributed by atoms with Crippen LogP contribution < -0.4 is 4.74 Å². The fourth-order valence-corrected chi connectivity index (χ4v) is 3.74. The summed E-state index contributed by atoms with van der Waals surface area (Å²) in [6.07, 6.45) is 1.27. The molecule has 0 spiro atoms. The zero-order valence-electron chi connectivity index (χ0n) is 12.3. The zero-order chi connectivity index (χ0) is 17.5. The van der Waals surface area contributed by atoms with Crippen molar-refractivity contribution >= 4 is 26.6 Å². The van der Waals surface area contributed by atoms with Crippen molar-refractivity contribution in [2.24, 2.45) is 0 Å². The number of hydrogen-bond acceptors (Lipinski definition) is 5. The van der Waals surface area contributed by atoms with Gasteiger partial charge in [-0.2, -0.15) is 0 Å². The van der Waals surface area contributed by atoms with Crippen molar-refractivity contribution in [1.29, 1.82) is 0 Å². The molecule has 7 nitrogen and oxygen atoms in total. The maximum atomic E-state index is 13.4. The van der Waals surface area contributed by atoms with Crippen LogP contribution in [0.1, 0.15) is 0 Å². The molecule has 9 heteroatoms. The number of methoxy groups -OCH3 is 1. The predicted octanol–water partition coefficient (Wildman–Crippen LogP) is 2.93. The van der Waals surface area contributed by atoms with Gasteiger partial charge in [0.05, 0.1) is 22.4 Å². The highest BCUT2D eigenvalue weighted by Gasteiger charge is 2.24. The summed E-state index contributed by atoms with van der Waals surface area (Å²) >= 11 is 0. The summed E-state index contributed by atoms with van der Waals surface area (Å²) in [6.45, 7) is 0. The van der Waals surface area contributed by atoms with Gasteiger partial charge in [0.25, 0.3) is 10.0 Å². The first-order valence-electron chi connectivity index (χ1n) is 6.69. The minimum absolute atomic E-state index is 0.0534. The third-order valence-electron chi connectivity index (χ3n) is 3.52. The molecule has 0 aliphatic rings. The minimum Gasteiger partial charge on any atom is -0.490 e. The maximum Gasteiger partial charge on any atom is 0.312 e. The van der Waals surface area contributed by atoms with Gasteiger partial charge in [0, 0.05) is 17.6 Å². The number of rotatable bonds is 4. The van der Waals surface area contributed by atoms with Gasteiger partial charge in [0.1, 0.15) is 5.82 Å². The van der Waals surface area contributed by atoms with Crippen molar-refractivity contribution < 1.29 is 22.5 Å². The van der Waals surface area contributed by atoms with E-state index in [4.69, 9.17) is 4.74 Å². The second-order valence-electron chi connectivity index (χ2n) is 4.91. The molecule has 0 radical (unpaired) electrons. The number of nitro benzene ring substituents is 1. The summed E-state index contributed by atoms with van der Waals surface area (Å²) in [5, 5.41) is 11.6. The van der Waals surface area contributed by atoms with Gasteiger partial charge < -0.3 is 4.74 Å². The number of aromatic nitrogens is 1. The van der Waals surface area contributed by atoms with Crippen molar-refractivity contribution in [1.82, 2.24) is 3.97 Å². The highest BCUT2D eigenvalue weighted by molar-refractivity contribution is 7.90. The number of ether oxygens (including phenoxy) is 1. The van der Waals surface area contributed by atoms with Crippen molar-refractivity contribution in [3.8, 4) is 5.75 Å². The van der Waals surface area contributed by atoms with Crippen molar-refractivity contribution in [2.45, 2.75) is 4.90 Å². The lowest BCUT2D eigenvalue weighted by atomic mass is 10.2. The molecule has 24 heavy (non-hydrogen) atoms. The molecule has 2 aromatic carbocycles. The molecule has 124 valence electrons. The van der Waals surface area contributed by atoms with Gasteiger partial charge >= 0.3 is 5.69 Å². The lowest BCUT2D eigenvalue weighted by molar-refractivity contribution is -0.386. The third kappa shape index (κ3) is 2.48. The predicted molar refractivity (Wildman–Crippen MR) is 84.1 cm³/mol. The van der Waals surface area contributed by atoms with Crippen LogP contribution in [0.25, 0.3) is 10.9 Å². The number of benzene rings is 2. The second kappa shape index (κ2) is 5.60. The van der Waals surface area contributed by atoms with E-state index in [9.17, 15) is 22.9 Å². The van der Waals surface area contributed by atoms with Crippen LogP contribution in [-0.2, 0) is 10.0 Å². The Balaban J connectivity index is 2.22. The van der Waals surface area contributed by atoms with Crippen molar-refractivity contribution in [2.75, 3.05) is 7.11 Å². The molecule has 0 fully saturated rings. The summed E-state index contributed by atoms with van der Waals surface area (Å²) in [7, 11) is -2.88. The van der Waals surface area contributed by atoms with E-state index in [0.717, 1.165) is 16.1 Å². The molecule has 1 heterocycles. The van der Waals surface area contributed by atoms with Gasteiger partial charge in [0.2, 0.25) is 0 Å². The molecule has 0 saturated heterocycles. The Morgan fingerprint density at radius 2 is 1.92 bits per heavy atom. The van der Waals surface area contributed by atoms with Crippen molar-refractivity contribution in [3.05, 3.63) is 64.6 Å². The van der Waals surface area contributed by atoms with Crippen LogP contribution in [0.3, 0.4) is 0 Å². The molecule has 0 aliphatic carbocycles. The quantitative estimate of drug-likeness (QED) is 0.533. The first-order valence-corrected chi connectivity index (χ1v) is 8.13. The molecule has 0 aliphatic heterocycles. The molecule has 0 N–H and O–H groups in total. The van der Waals surface area contributed by atoms with E-state index >= 15 is 0 Å². The first kappa shape index (κ1) is 15.9. The van der Waals surface area contributed by atoms with Crippen LogP contribution in [0.15, 0.2) is 53.6 Å². The Hall–Kier alpha value is -2.94. The fraction of sp³-hybridized carbons (Fsp3) is 0.0667. The monoisotopic (exact) mass is 350 g/mol. The van der Waals surface area contributed by atoms with Gasteiger partial charge in [-0.3, -0.25) is 10.1 Å². The Bertz CT molecular complexity index is 1060. The van der Waals surface area contributed by atoms with E-state index in [0.29, 0.717) is 5.39 Å². The molecule has 0 saturated carbocycles. The summed E-state index contributed by atoms with van der Waals surface area (Å²) < 4.78 is 44.7. The third-order valence-corrected chi connectivity index (χ3v) is 5.21. The van der Waals surface area contributed by atoms with Crippen LogP contribution >= 0.6 is 0 Å². The van der Waals surface area contributed by atoms with Crippen LogP contribution in [0.4, 0.5) is 10.1 Å². The van der Waals surface area contributed by atoms with Gasteiger partial charge in [-0.05, 0) is 36.4 Å². The van der Waals surface area contributed by atoms with Gasteiger partial charge in [-0.15, -0.1) is 0 Å². The molecule has 0 unspecified atom stereocenters. The Morgan fingerprint density at radius 1 is 1.17 bits per heavy atom. The molecule has 3 aromatic rings. The summed E-state index contributed by atoms with van der Waals surface area (Å²) in [5.74, 6) is -0.638. The van der Waals surface area contributed by atoms with Crippen molar-refractivity contribution in [3.63, 3.8) is 0 Å². The van der Waals surface area contributed by atoms with E-state index in [1.165, 1.54) is 43.6 Å². The standard InChI is InChI=1S/C15H11FN2O5S/c1-23-15-5-4-12(9-14(15)18(19)20)24(21,22)17-7-6-10-2-3-11(16)8-13(10)17/h2-9H,1H3. The summed E-state index contributed by atoms with van der Waals surface area (Å²) in [5.41, 5.74) is -0.324. The molecular weight excluding hydrogens is 339 g/mol. The number of nitrogens with zero attached hydrogens (tertiary/aromatic N) is 2. The van der Waals surface area contributed by atoms with E-state index in [-0.39, 0.29) is 16.2 Å². The summed E-state index contributed by atoms with van der Waals surface area (Å²) in [4.78, 5) is 10.1. The second-order valence-corrected chi connectivity index (χ2v) is 6.73. The Labute approximate surface area is 136 Å². The highest BCUT2D eigenvalue weighted by Crippen LogP contribution is 2.31. The highest BCUT2D eigenvalue weighted by atomic mass is 32.2.